The van der Waals surface area contributed by atoms with E-state index in [0.29, 0.717) is 57.2 Å². The molecule has 0 radical (unpaired) electrons. The second-order valence-electron chi connectivity index (χ2n) is 32.6. The lowest BCUT2D eigenvalue weighted by atomic mass is 9.89. The number of aliphatic hydroxyl groups excluding tert-OH is 4. The van der Waals surface area contributed by atoms with Crippen LogP contribution in [0.4, 0.5) is 10.5 Å². The number of likely N-dealkylation sites (N-methyl/N-ethyl adjacent to an activating group) is 2. The minimum absolute atomic E-state index is 0.000219. The summed E-state index contributed by atoms with van der Waals surface area (Å²) >= 11 is 0. The van der Waals surface area contributed by atoms with Gasteiger partial charge in [0.05, 0.1) is 67.7 Å². The molecular formula is C83H130N14O21. The van der Waals surface area contributed by atoms with Gasteiger partial charge in [-0.3, -0.25) is 67.3 Å². The Morgan fingerprint density at radius 1 is 0.593 bits per heavy atom. The topological polar surface area (TPSA) is 487 Å². The van der Waals surface area contributed by atoms with Gasteiger partial charge in [0.25, 0.3) is 11.8 Å². The van der Waals surface area contributed by atoms with Crippen molar-refractivity contribution in [2.45, 2.75) is 256 Å². The maximum absolute atomic E-state index is 14.7. The van der Waals surface area contributed by atoms with Crippen LogP contribution in [0.15, 0.2) is 66.7 Å². The van der Waals surface area contributed by atoms with Crippen LogP contribution in [0.3, 0.4) is 0 Å². The zero-order valence-corrected chi connectivity index (χ0v) is 70.8. The Hall–Kier alpha value is -9.07. The number of carbonyl (C=O) groups excluding carboxylic acids is 13. The van der Waals surface area contributed by atoms with Gasteiger partial charge < -0.3 is 103 Å². The van der Waals surface area contributed by atoms with E-state index in [1.54, 1.807) is 61.9 Å². The minimum atomic E-state index is -1.62. The van der Waals surface area contributed by atoms with Crippen molar-refractivity contribution in [2.24, 2.45) is 35.3 Å². The predicted octanol–water partition coefficient (Wildman–Crippen LogP) is 0.209. The number of nitrogens with zero attached hydrogens (tertiary/aromatic N) is 4. The van der Waals surface area contributed by atoms with Gasteiger partial charge in [-0.15, -0.1) is 0 Å². The SMILES string of the molecule is CCC(C)C(C(CC(=O)N1CCCC1C(OC)C(C)C(=O)N[C@@H](Cc1ccccc1)C(=O)NCCc1ccc(NC(=O)C(CCCNC(N)=O)NC(=O)[C@H](NC(=O)C[C@@H]2O[C@H](CNC(=O)CC3OC(CNC(=O)CCCCCN4C(=O)C=CC4=O)[C@@H](O)[C@H]3O)C(O)C2O)C(C)C)cc1)OC)N(C)C(=O)[C@@H](NC(=O)C(C(C)C)N(C)C)C(C)C. The number of nitrogens with two attached hydrogens (primary N) is 1. The lowest BCUT2D eigenvalue weighted by Crippen LogP contribution is -2.59. The molecule has 4 aliphatic rings. The van der Waals surface area contributed by atoms with E-state index in [-0.39, 0.29) is 118 Å². The molecule has 6 rings (SSSR count). The number of nitrogens with one attached hydrogen (secondary N) is 9. The van der Waals surface area contributed by atoms with Crippen molar-refractivity contribution in [3.63, 3.8) is 0 Å². The van der Waals surface area contributed by atoms with Crippen LogP contribution in [0.1, 0.15) is 150 Å². The van der Waals surface area contributed by atoms with Gasteiger partial charge in [0.2, 0.25) is 59.1 Å². The van der Waals surface area contributed by atoms with E-state index in [2.05, 4.69) is 47.9 Å². The van der Waals surface area contributed by atoms with E-state index < -0.39 is 169 Å². The molecule has 4 heterocycles. The highest BCUT2D eigenvalue weighted by Gasteiger charge is 2.48. The molecule has 2 aromatic carbocycles. The Bertz CT molecular complexity index is 3680. The monoisotopic (exact) mass is 1660 g/mol. The summed E-state index contributed by atoms with van der Waals surface area (Å²) in [4.78, 5) is 180. The normalized spacial score (nSPS) is 22.4. The Morgan fingerprint density at radius 3 is 1.74 bits per heavy atom. The molecule has 19 atom stereocenters. The third-order valence-corrected chi connectivity index (χ3v) is 22.5. The van der Waals surface area contributed by atoms with E-state index in [1.807, 2.05) is 90.9 Å². The fourth-order valence-corrected chi connectivity index (χ4v) is 15.7. The molecule has 4 aliphatic heterocycles. The van der Waals surface area contributed by atoms with Crippen LogP contribution in [-0.4, -0.2) is 295 Å². The van der Waals surface area contributed by atoms with Gasteiger partial charge in [-0.05, 0) is 106 Å². The van der Waals surface area contributed by atoms with Crippen molar-refractivity contribution in [1.29, 1.82) is 0 Å². The molecule has 3 fully saturated rings. The van der Waals surface area contributed by atoms with Crippen molar-refractivity contribution in [3.8, 4) is 0 Å². The quantitative estimate of drug-likeness (QED) is 0.0311. The van der Waals surface area contributed by atoms with Crippen molar-refractivity contribution >= 4 is 82.6 Å². The standard InChI is InChI=1S/C83H130N14O21/c1-15-49(8)71(95(12)82(113)69(47(4)5)93-81(112)70(48(6)7)94(10)11)57(115-13)43-67(103)96-39-23-27-56(96)76(116-14)50(9)77(108)91-55(40-52-24-18-16-19-25-52)78(109)85-37-35-51-29-31-53(32-30-51)89-79(110)54(26-22-36-86-83(84)114)90-80(111)68(46(2)3)92-64(100)42-59-73(105)75(107)61(118-59)45-88-63(99)41-58-72(104)74(106)60(117-58)44-87-62(98)28-20-17-21-38-97-65(101)33-34-66(97)102/h16,18-19,24-25,29-34,46-50,54-61,68-76,104-107H,15,17,20-23,26-28,35-45H2,1-14H3,(H,85,109)(H,87,98)(H,88,99)(H,89,110)(H,90,111)(H,91,108)(H,92,100)(H,93,112)(H3,84,86,114)/t49?,50?,54?,55-,56?,57?,58?,59-,60?,61+,68+,69-,70?,71?,72-,73?,74+,75?,76?/m0/s1. The molecule has 658 valence electrons. The number of ether oxygens (including phenoxy) is 4. The van der Waals surface area contributed by atoms with Crippen molar-refractivity contribution in [3.05, 3.63) is 77.9 Å². The van der Waals surface area contributed by atoms with Gasteiger partial charge in [-0.25, -0.2) is 4.79 Å². The molecule has 3 saturated heterocycles. The summed E-state index contributed by atoms with van der Waals surface area (Å²) in [5.74, 6) is -7.52. The lowest BCUT2D eigenvalue weighted by Gasteiger charge is -2.41. The first kappa shape index (κ1) is 97.8. The molecule has 0 aromatic heterocycles. The molecular weight excluding hydrogens is 1530 g/mol. The summed E-state index contributed by atoms with van der Waals surface area (Å²) in [7, 11) is 8.35. The summed E-state index contributed by atoms with van der Waals surface area (Å²) < 4.78 is 23.8. The van der Waals surface area contributed by atoms with Crippen molar-refractivity contribution in [2.75, 3.05) is 79.9 Å². The average Bonchev–Trinajstić information content (AvgIpc) is 1.24. The Labute approximate surface area is 692 Å². The lowest BCUT2D eigenvalue weighted by molar-refractivity contribution is -0.148. The van der Waals surface area contributed by atoms with E-state index >= 15 is 0 Å². The first-order valence-electron chi connectivity index (χ1n) is 41.2. The van der Waals surface area contributed by atoms with Crippen LogP contribution in [0.25, 0.3) is 0 Å². The van der Waals surface area contributed by atoms with Gasteiger partial charge in [0.1, 0.15) is 60.8 Å². The zero-order valence-electron chi connectivity index (χ0n) is 70.8. The number of anilines is 1. The number of aliphatic hydroxyl groups is 4. The van der Waals surface area contributed by atoms with Gasteiger partial charge in [-0.2, -0.15) is 0 Å². The van der Waals surface area contributed by atoms with Gasteiger partial charge >= 0.3 is 6.03 Å². The van der Waals surface area contributed by atoms with Crippen LogP contribution in [0, 0.1) is 29.6 Å². The summed E-state index contributed by atoms with van der Waals surface area (Å²) in [6.07, 6.45) is -7.03. The number of amides is 14. The highest BCUT2D eigenvalue weighted by Crippen LogP contribution is 2.32. The molecule has 35 nitrogen and oxygen atoms in total. The summed E-state index contributed by atoms with van der Waals surface area (Å²) in [5.41, 5.74) is 7.17. The Morgan fingerprint density at radius 2 is 1.18 bits per heavy atom. The molecule has 15 N–H and O–H groups in total. The van der Waals surface area contributed by atoms with Gasteiger partial charge in [0, 0.05) is 91.2 Å². The smallest absolute Gasteiger partial charge is 0.312 e. The number of carbonyl (C=O) groups is 13. The molecule has 0 bridgehead atoms. The number of unbranched alkanes of at least 4 members (excludes halogenated alkanes) is 2. The van der Waals surface area contributed by atoms with E-state index in [4.69, 9.17) is 24.7 Å². The number of urea groups is 1. The second-order valence-corrected chi connectivity index (χ2v) is 32.6. The fourth-order valence-electron chi connectivity index (χ4n) is 15.7. The van der Waals surface area contributed by atoms with Crippen LogP contribution in [-0.2, 0) is 89.3 Å². The number of benzene rings is 2. The highest BCUT2D eigenvalue weighted by atomic mass is 16.6. The first-order chi connectivity index (χ1) is 55.9. The molecule has 0 aliphatic carbocycles. The van der Waals surface area contributed by atoms with Crippen molar-refractivity contribution in [1.82, 2.24) is 62.1 Å². The number of likely N-dealkylation sites (tertiary alicyclic amines) is 1. The van der Waals surface area contributed by atoms with Crippen molar-refractivity contribution < 1.29 is 102 Å². The third-order valence-electron chi connectivity index (χ3n) is 22.5. The second kappa shape index (κ2) is 47.7. The number of rotatable bonds is 48. The summed E-state index contributed by atoms with van der Waals surface area (Å²) in [6.45, 7) is 17.0. The number of hydrogen-bond acceptors (Lipinski definition) is 22. The van der Waals surface area contributed by atoms with E-state index in [1.165, 1.54) is 26.4 Å². The number of imide groups is 1. The number of methoxy groups -OCH3 is 2. The predicted molar refractivity (Wildman–Crippen MR) is 436 cm³/mol. The fraction of sp³-hybridized carbons (Fsp3) is 0.675. The van der Waals surface area contributed by atoms with Crippen LogP contribution < -0.4 is 53.6 Å². The van der Waals surface area contributed by atoms with Crippen LogP contribution in [0.5, 0.6) is 0 Å². The highest BCUT2D eigenvalue weighted by molar-refractivity contribution is 6.12. The molecule has 0 saturated carbocycles. The third kappa shape index (κ3) is 28.6. The number of hydrogen-bond donors (Lipinski definition) is 14. The van der Waals surface area contributed by atoms with Crippen LogP contribution >= 0.6 is 0 Å². The molecule has 118 heavy (non-hydrogen) atoms. The molecule has 12 unspecified atom stereocenters. The minimum Gasteiger partial charge on any atom is -0.388 e. The molecule has 0 spiro atoms. The van der Waals surface area contributed by atoms with E-state index in [9.17, 15) is 82.8 Å². The largest absolute Gasteiger partial charge is 0.388 e. The molecule has 2 aromatic rings. The Kier molecular flexibility index (Phi) is 39.5. The molecule has 35 heteroatoms. The maximum Gasteiger partial charge on any atom is 0.312 e. The Balaban J connectivity index is 0.994. The molecule has 14 amide bonds. The summed E-state index contributed by atoms with van der Waals surface area (Å²) in [5, 5.41) is 68.1. The maximum atomic E-state index is 14.7. The first-order valence-corrected chi connectivity index (χ1v) is 41.2. The van der Waals surface area contributed by atoms with E-state index in [0.717, 1.165) is 16.0 Å². The average molecular weight is 1660 g/mol. The van der Waals surface area contributed by atoms with Gasteiger partial charge in [-0.1, -0.05) is 118 Å². The zero-order chi connectivity index (χ0) is 87.4. The number of primary amides is 1. The van der Waals surface area contributed by atoms with Crippen LogP contribution in [0.2, 0.25) is 0 Å². The van der Waals surface area contributed by atoms with Gasteiger partial charge in [0.15, 0.2) is 0 Å². The summed E-state index contributed by atoms with van der Waals surface area (Å²) in [6, 6.07) is 9.23.